The Morgan fingerprint density at radius 1 is 1.15 bits per heavy atom. The van der Waals surface area contributed by atoms with E-state index in [4.69, 9.17) is 12.2 Å². The number of thioether (sulfide) groups is 2. The van der Waals surface area contributed by atoms with Crippen LogP contribution in [0.2, 0.25) is 0 Å². The van der Waals surface area contributed by atoms with Gasteiger partial charge in [0.25, 0.3) is 0 Å². The Morgan fingerprint density at radius 3 is 2.31 bits per heavy atom. The minimum atomic E-state index is 1.06. The van der Waals surface area contributed by atoms with E-state index in [1.54, 1.807) is 22.7 Å². The summed E-state index contributed by atoms with van der Waals surface area (Å²) in [4.78, 5) is 0. The lowest BCUT2D eigenvalue weighted by Gasteiger charge is -1.98. The zero-order chi connectivity index (χ0) is 9.68. The number of hydrogen-bond donors (Lipinski definition) is 0. The van der Waals surface area contributed by atoms with Crippen LogP contribution < -0.4 is 0 Å². The Morgan fingerprint density at radius 2 is 1.77 bits per heavy atom. The fourth-order valence-electron chi connectivity index (χ4n) is 0.758. The molecule has 0 aromatic carbocycles. The second-order valence-corrected chi connectivity index (χ2v) is 8.43. The van der Waals surface area contributed by atoms with E-state index in [0.29, 0.717) is 0 Å². The molecule has 0 N–H and O–H groups in total. The normalized spacial score (nSPS) is 10.6. The van der Waals surface area contributed by atoms with Gasteiger partial charge in [-0.05, 0) is 17.9 Å². The van der Waals surface area contributed by atoms with Gasteiger partial charge >= 0.3 is 0 Å². The summed E-state index contributed by atoms with van der Waals surface area (Å²) in [5, 5.41) is 0. The molecule has 0 amide bonds. The van der Waals surface area contributed by atoms with E-state index in [9.17, 15) is 0 Å². The van der Waals surface area contributed by atoms with Gasteiger partial charge in [0.2, 0.25) is 0 Å². The third kappa shape index (κ3) is 3.91. The molecule has 1 heterocycles. The summed E-state index contributed by atoms with van der Waals surface area (Å²) in [6.07, 6.45) is 1.23. The van der Waals surface area contributed by atoms with Gasteiger partial charge in [-0.1, -0.05) is 26.1 Å². The van der Waals surface area contributed by atoms with Gasteiger partial charge in [-0.2, -0.15) is 0 Å². The van der Waals surface area contributed by atoms with Crippen molar-refractivity contribution in [2.45, 2.75) is 28.7 Å². The van der Waals surface area contributed by atoms with Crippen LogP contribution in [0.25, 0.3) is 0 Å². The Hall–Kier alpha value is 0.970. The molecular weight excluding hydrogens is 256 g/mol. The molecular formula is C8H12S5. The highest BCUT2D eigenvalue weighted by Crippen LogP contribution is 2.40. The maximum Gasteiger partial charge on any atom is 0.145 e. The van der Waals surface area contributed by atoms with Crippen LogP contribution in [0, 0.1) is 3.14 Å². The fourth-order valence-corrected chi connectivity index (χ4v) is 6.70. The maximum absolute atomic E-state index is 5.20. The van der Waals surface area contributed by atoms with Crippen molar-refractivity contribution in [3.8, 4) is 0 Å². The van der Waals surface area contributed by atoms with Crippen LogP contribution in [0.15, 0.2) is 8.42 Å². The Kier molecular flexibility index (Phi) is 5.98. The molecule has 0 spiro atoms. The Labute approximate surface area is 101 Å². The minimum Gasteiger partial charge on any atom is -0.114 e. The molecule has 0 saturated carbocycles. The summed E-state index contributed by atoms with van der Waals surface area (Å²) < 4.78 is 3.93. The van der Waals surface area contributed by atoms with Crippen LogP contribution in [-0.4, -0.2) is 11.5 Å². The summed E-state index contributed by atoms with van der Waals surface area (Å²) in [6.45, 7) is 4.40. The molecule has 0 aliphatic rings. The summed E-state index contributed by atoms with van der Waals surface area (Å²) >= 11 is 12.6. The molecule has 74 valence electrons. The van der Waals surface area contributed by atoms with E-state index in [1.807, 2.05) is 23.5 Å². The summed E-state index contributed by atoms with van der Waals surface area (Å²) in [7, 11) is 0. The molecule has 0 bridgehead atoms. The van der Waals surface area contributed by atoms with Gasteiger partial charge in [-0.3, -0.25) is 0 Å². The lowest BCUT2D eigenvalue weighted by atomic mass is 10.6. The molecule has 0 atom stereocenters. The standard InChI is InChI=1S/C8H12S5/c1-3-5-11-7-6(10-4-2)12-8(9)13-7/h3-5H2,1-2H3. The smallest absolute Gasteiger partial charge is 0.114 e. The third-order valence-electron chi connectivity index (χ3n) is 1.23. The largest absolute Gasteiger partial charge is 0.145 e. The van der Waals surface area contributed by atoms with E-state index in [0.717, 1.165) is 8.89 Å². The van der Waals surface area contributed by atoms with Crippen LogP contribution in [-0.2, 0) is 0 Å². The predicted molar refractivity (Wildman–Crippen MR) is 70.4 cm³/mol. The monoisotopic (exact) mass is 268 g/mol. The van der Waals surface area contributed by atoms with E-state index < -0.39 is 0 Å². The van der Waals surface area contributed by atoms with Crippen molar-refractivity contribution in [3.05, 3.63) is 3.14 Å². The summed E-state index contributed by atoms with van der Waals surface area (Å²) in [5.41, 5.74) is 0. The molecule has 0 aliphatic carbocycles. The lowest BCUT2D eigenvalue weighted by molar-refractivity contribution is 1.11. The highest BCUT2D eigenvalue weighted by molar-refractivity contribution is 8.05. The van der Waals surface area contributed by atoms with Crippen molar-refractivity contribution in [3.63, 3.8) is 0 Å². The summed E-state index contributed by atoms with van der Waals surface area (Å²) in [5.74, 6) is 2.35. The molecule has 1 rings (SSSR count). The van der Waals surface area contributed by atoms with Crippen molar-refractivity contribution in [1.82, 2.24) is 0 Å². The average molecular weight is 269 g/mol. The van der Waals surface area contributed by atoms with Crippen molar-refractivity contribution in [1.29, 1.82) is 0 Å². The molecule has 13 heavy (non-hydrogen) atoms. The summed E-state index contributed by atoms with van der Waals surface area (Å²) in [6, 6.07) is 0. The first-order valence-electron chi connectivity index (χ1n) is 4.17. The number of rotatable bonds is 5. The first kappa shape index (κ1) is 12.0. The molecule has 0 saturated heterocycles. The second kappa shape index (κ2) is 6.45. The predicted octanol–water partition coefficient (Wildman–Crippen LogP) is 5.15. The van der Waals surface area contributed by atoms with Crippen LogP contribution in [0.1, 0.15) is 20.3 Å². The van der Waals surface area contributed by atoms with Crippen LogP contribution in [0.5, 0.6) is 0 Å². The van der Waals surface area contributed by atoms with Gasteiger partial charge in [0.05, 0.1) is 8.42 Å². The van der Waals surface area contributed by atoms with Gasteiger partial charge in [-0.15, -0.1) is 46.2 Å². The SMILES string of the molecule is CCCSc1sc(=S)sc1SCC. The fraction of sp³-hybridized carbons (Fsp3) is 0.625. The van der Waals surface area contributed by atoms with Crippen LogP contribution >= 0.6 is 58.4 Å². The highest BCUT2D eigenvalue weighted by Gasteiger charge is 2.06. The lowest BCUT2D eigenvalue weighted by Crippen LogP contribution is -1.73. The van der Waals surface area contributed by atoms with E-state index in [2.05, 4.69) is 13.8 Å². The quantitative estimate of drug-likeness (QED) is 0.535. The van der Waals surface area contributed by atoms with Crippen molar-refractivity contribution in [2.24, 2.45) is 0 Å². The van der Waals surface area contributed by atoms with E-state index in [1.165, 1.54) is 20.6 Å². The van der Waals surface area contributed by atoms with Gasteiger partial charge in [0, 0.05) is 0 Å². The molecule has 0 unspecified atom stereocenters. The molecule has 5 heteroatoms. The van der Waals surface area contributed by atoms with Gasteiger partial charge in [-0.25, -0.2) is 0 Å². The van der Waals surface area contributed by atoms with E-state index in [-0.39, 0.29) is 0 Å². The van der Waals surface area contributed by atoms with Crippen molar-refractivity contribution >= 4 is 58.4 Å². The zero-order valence-corrected chi connectivity index (χ0v) is 11.7. The molecule has 0 nitrogen and oxygen atoms in total. The van der Waals surface area contributed by atoms with Gasteiger partial charge < -0.3 is 0 Å². The maximum atomic E-state index is 5.20. The number of hydrogen-bond acceptors (Lipinski definition) is 5. The Bertz CT molecular complexity index is 298. The average Bonchev–Trinajstić information content (AvgIpc) is 2.44. The molecule has 0 fully saturated rings. The minimum absolute atomic E-state index is 1.06. The Balaban J connectivity index is 2.72. The first-order valence-corrected chi connectivity index (χ1v) is 8.18. The molecule has 0 radical (unpaired) electrons. The first-order chi connectivity index (χ1) is 6.27. The van der Waals surface area contributed by atoms with Crippen molar-refractivity contribution < 1.29 is 0 Å². The third-order valence-corrected chi connectivity index (χ3v) is 6.90. The van der Waals surface area contributed by atoms with Gasteiger partial charge in [0.15, 0.2) is 0 Å². The topological polar surface area (TPSA) is 0 Å². The molecule has 0 aliphatic heterocycles. The second-order valence-electron chi connectivity index (χ2n) is 2.31. The van der Waals surface area contributed by atoms with E-state index >= 15 is 0 Å². The van der Waals surface area contributed by atoms with Crippen molar-refractivity contribution in [2.75, 3.05) is 11.5 Å². The molecule has 1 aromatic heterocycles. The molecule has 1 aromatic rings. The van der Waals surface area contributed by atoms with Crippen LogP contribution in [0.4, 0.5) is 0 Å². The van der Waals surface area contributed by atoms with Crippen LogP contribution in [0.3, 0.4) is 0 Å². The zero-order valence-electron chi connectivity index (χ0n) is 7.66. The van der Waals surface area contributed by atoms with Gasteiger partial charge in [0.1, 0.15) is 3.14 Å². The highest BCUT2D eigenvalue weighted by atomic mass is 32.2.